The first kappa shape index (κ1) is 10.5. The van der Waals surface area contributed by atoms with Crippen LogP contribution < -0.4 is 0 Å². The molecular formula is C10H15BN2O2. The maximum absolute atomic E-state index is 12.0. The summed E-state index contributed by atoms with van der Waals surface area (Å²) in [5, 5.41) is 17.8. The number of nitrogens with zero attached hydrogens (tertiary/aromatic N) is 2. The number of fused-ring (bicyclic) bond motifs is 1. The summed E-state index contributed by atoms with van der Waals surface area (Å²) in [6.07, 6.45) is 2.96. The zero-order chi connectivity index (χ0) is 10.8. The van der Waals surface area contributed by atoms with E-state index < -0.39 is 0 Å². The Morgan fingerprint density at radius 3 is 3.13 bits per heavy atom. The number of hydrogen-bond donors (Lipinski definition) is 1. The molecule has 2 atom stereocenters. The van der Waals surface area contributed by atoms with E-state index >= 15 is 0 Å². The van der Waals surface area contributed by atoms with Gasteiger partial charge in [-0.15, -0.1) is 0 Å². The molecule has 0 bridgehead atoms. The van der Waals surface area contributed by atoms with Crippen LogP contribution in [0.2, 0.25) is 12.1 Å². The van der Waals surface area contributed by atoms with Gasteiger partial charge in [0.25, 0.3) is 6.71 Å². The largest absolute Gasteiger partial charge is 0.395 e. The van der Waals surface area contributed by atoms with Gasteiger partial charge in [0.05, 0.1) is 6.61 Å². The second-order valence-electron chi connectivity index (χ2n) is 4.46. The van der Waals surface area contributed by atoms with E-state index in [2.05, 4.69) is 5.97 Å². The number of aliphatic hydroxyl groups is 1. The van der Waals surface area contributed by atoms with Gasteiger partial charge in [0, 0.05) is 24.9 Å². The summed E-state index contributed by atoms with van der Waals surface area (Å²) in [5.41, 5.74) is 0. The first-order valence-corrected chi connectivity index (χ1v) is 5.57. The number of β-amino-alcohol motifs (C(OH)–C–C–N with tert-alkyl or cyclic N) is 1. The van der Waals surface area contributed by atoms with E-state index in [1.807, 2.05) is 0 Å². The van der Waals surface area contributed by atoms with E-state index in [1.165, 1.54) is 0 Å². The van der Waals surface area contributed by atoms with Crippen LogP contribution in [0.1, 0.15) is 12.8 Å². The lowest BCUT2D eigenvalue weighted by Crippen LogP contribution is -2.34. The van der Waals surface area contributed by atoms with Gasteiger partial charge in [-0.3, -0.25) is 4.79 Å². The zero-order valence-electron chi connectivity index (χ0n) is 8.72. The highest BCUT2D eigenvalue weighted by Crippen LogP contribution is 2.40. The van der Waals surface area contributed by atoms with Crippen LogP contribution in [0.25, 0.3) is 0 Å². The van der Waals surface area contributed by atoms with Gasteiger partial charge in [-0.1, -0.05) is 12.7 Å². The van der Waals surface area contributed by atoms with Crippen molar-refractivity contribution in [2.24, 2.45) is 5.92 Å². The molecule has 2 rings (SSSR count). The maximum Gasteiger partial charge on any atom is 0.280 e. The Balaban J connectivity index is 2.12. The molecule has 2 aliphatic rings. The SMILES string of the molecule is N#CB1CCCC2CN(CCO)C(=O)C12. The van der Waals surface area contributed by atoms with Gasteiger partial charge in [-0.25, -0.2) is 5.26 Å². The third kappa shape index (κ3) is 1.74. The van der Waals surface area contributed by atoms with Crippen molar-refractivity contribution in [3.05, 3.63) is 0 Å². The average molecular weight is 206 g/mol. The van der Waals surface area contributed by atoms with E-state index in [9.17, 15) is 4.79 Å². The molecule has 2 aliphatic heterocycles. The van der Waals surface area contributed by atoms with Crippen molar-refractivity contribution in [3.63, 3.8) is 0 Å². The quantitative estimate of drug-likeness (QED) is 0.654. The van der Waals surface area contributed by atoms with Crippen molar-refractivity contribution >= 4 is 12.6 Å². The van der Waals surface area contributed by atoms with Crippen molar-refractivity contribution in [1.82, 2.24) is 4.90 Å². The standard InChI is InChI=1S/C10H15BN2O2/c12-7-11-3-1-2-8-6-13(4-5-14)10(15)9(8)11/h8-9,14H,1-6H2. The van der Waals surface area contributed by atoms with E-state index in [0.29, 0.717) is 12.5 Å². The Hall–Kier alpha value is -1.02. The number of carbonyl (C=O) groups is 1. The fourth-order valence-electron chi connectivity index (χ4n) is 2.92. The maximum atomic E-state index is 12.0. The predicted octanol–water partition coefficient (Wildman–Crippen LogP) is 0.159. The van der Waals surface area contributed by atoms with Crippen LogP contribution in [0.4, 0.5) is 0 Å². The lowest BCUT2D eigenvalue weighted by molar-refractivity contribution is -0.128. The summed E-state index contributed by atoms with van der Waals surface area (Å²) >= 11 is 0. The highest BCUT2D eigenvalue weighted by atomic mass is 16.3. The third-order valence-electron chi connectivity index (χ3n) is 3.62. The van der Waals surface area contributed by atoms with Crippen LogP contribution in [-0.4, -0.2) is 42.3 Å². The molecule has 4 nitrogen and oxygen atoms in total. The first-order chi connectivity index (χ1) is 7.27. The van der Waals surface area contributed by atoms with Crippen molar-refractivity contribution in [1.29, 1.82) is 5.26 Å². The Labute approximate surface area is 89.9 Å². The normalized spacial score (nSPS) is 30.3. The first-order valence-electron chi connectivity index (χ1n) is 5.57. The Morgan fingerprint density at radius 1 is 1.67 bits per heavy atom. The van der Waals surface area contributed by atoms with Crippen LogP contribution in [-0.2, 0) is 4.79 Å². The monoisotopic (exact) mass is 206 g/mol. The average Bonchev–Trinajstić information content (AvgIpc) is 2.57. The van der Waals surface area contributed by atoms with E-state index in [4.69, 9.17) is 10.4 Å². The summed E-state index contributed by atoms with van der Waals surface area (Å²) in [4.78, 5) is 13.7. The molecular weight excluding hydrogens is 191 g/mol. The molecule has 80 valence electrons. The second-order valence-corrected chi connectivity index (χ2v) is 4.46. The van der Waals surface area contributed by atoms with Gasteiger partial charge in [0.15, 0.2) is 0 Å². The van der Waals surface area contributed by atoms with Crippen molar-refractivity contribution in [3.8, 4) is 5.97 Å². The van der Waals surface area contributed by atoms with Crippen LogP contribution in [0.15, 0.2) is 0 Å². The molecule has 0 saturated carbocycles. The molecule has 2 saturated heterocycles. The number of aliphatic hydroxyl groups excluding tert-OH is 1. The second kappa shape index (κ2) is 4.24. The van der Waals surface area contributed by atoms with Crippen LogP contribution in [0.3, 0.4) is 0 Å². The number of amides is 1. The van der Waals surface area contributed by atoms with Gasteiger partial charge in [-0.05, 0) is 12.3 Å². The van der Waals surface area contributed by atoms with Gasteiger partial charge in [0.2, 0.25) is 5.91 Å². The van der Waals surface area contributed by atoms with Crippen molar-refractivity contribution in [2.75, 3.05) is 19.7 Å². The third-order valence-corrected chi connectivity index (χ3v) is 3.62. The molecule has 15 heavy (non-hydrogen) atoms. The minimum absolute atomic E-state index is 0.0163. The predicted molar refractivity (Wildman–Crippen MR) is 56.3 cm³/mol. The highest BCUT2D eigenvalue weighted by Gasteiger charge is 2.48. The number of nitriles is 1. The molecule has 0 aromatic heterocycles. The number of likely N-dealkylation sites (tertiary alicyclic amines) is 1. The zero-order valence-corrected chi connectivity index (χ0v) is 8.72. The summed E-state index contributed by atoms with van der Waals surface area (Å²) < 4.78 is 0. The molecule has 2 heterocycles. The van der Waals surface area contributed by atoms with Crippen molar-refractivity contribution < 1.29 is 9.90 Å². The summed E-state index contributed by atoms with van der Waals surface area (Å²) in [7, 11) is 0. The Bertz CT molecular complexity index is 302. The topological polar surface area (TPSA) is 64.3 Å². The molecule has 1 N–H and O–H groups in total. The van der Waals surface area contributed by atoms with Gasteiger partial charge < -0.3 is 10.0 Å². The smallest absolute Gasteiger partial charge is 0.280 e. The van der Waals surface area contributed by atoms with E-state index in [1.54, 1.807) is 4.90 Å². The van der Waals surface area contributed by atoms with Gasteiger partial charge in [0.1, 0.15) is 0 Å². The Morgan fingerprint density at radius 2 is 2.47 bits per heavy atom. The lowest BCUT2D eigenvalue weighted by Gasteiger charge is -2.23. The van der Waals surface area contributed by atoms with Gasteiger partial charge >= 0.3 is 0 Å². The van der Waals surface area contributed by atoms with E-state index in [-0.39, 0.29) is 25.0 Å². The summed E-state index contributed by atoms with van der Waals surface area (Å²) in [5.74, 6) is 2.60. The molecule has 5 heteroatoms. The lowest BCUT2D eigenvalue weighted by atomic mass is 9.35. The minimum atomic E-state index is -0.0973. The summed E-state index contributed by atoms with van der Waals surface area (Å²) in [6, 6.07) is 0. The molecule has 0 radical (unpaired) electrons. The van der Waals surface area contributed by atoms with Crippen molar-refractivity contribution in [2.45, 2.75) is 25.0 Å². The van der Waals surface area contributed by atoms with Gasteiger partial charge in [-0.2, -0.15) is 0 Å². The van der Waals surface area contributed by atoms with Crippen LogP contribution in [0, 0.1) is 17.1 Å². The molecule has 0 aliphatic carbocycles. The molecule has 1 amide bonds. The molecule has 2 unspecified atom stereocenters. The molecule has 0 aromatic rings. The minimum Gasteiger partial charge on any atom is -0.395 e. The van der Waals surface area contributed by atoms with E-state index in [0.717, 1.165) is 25.7 Å². The number of hydrogen-bond acceptors (Lipinski definition) is 3. The fraction of sp³-hybridized carbons (Fsp3) is 0.800. The Kier molecular flexibility index (Phi) is 2.97. The molecule has 0 spiro atoms. The van der Waals surface area contributed by atoms with Crippen LogP contribution >= 0.6 is 0 Å². The number of carbonyl (C=O) groups excluding carboxylic acids is 1. The summed E-state index contributed by atoms with van der Waals surface area (Å²) in [6.45, 7) is 1.08. The molecule has 0 aromatic carbocycles. The molecule has 2 fully saturated rings. The van der Waals surface area contributed by atoms with Crippen LogP contribution in [0.5, 0.6) is 0 Å². The number of rotatable bonds is 2. The highest BCUT2D eigenvalue weighted by molar-refractivity contribution is 6.72. The fourth-order valence-corrected chi connectivity index (χ4v) is 2.92.